The summed E-state index contributed by atoms with van der Waals surface area (Å²) in [7, 11) is 0. The van der Waals surface area contributed by atoms with E-state index >= 15 is 0 Å². The Bertz CT molecular complexity index is 1340. The van der Waals surface area contributed by atoms with Crippen LogP contribution >= 0.6 is 11.6 Å². The highest BCUT2D eigenvalue weighted by Gasteiger charge is 2.10. The van der Waals surface area contributed by atoms with Gasteiger partial charge in [-0.1, -0.05) is 11.6 Å². The fourth-order valence-corrected chi connectivity index (χ4v) is 2.87. The van der Waals surface area contributed by atoms with Crippen LogP contribution in [0.2, 0.25) is 5.02 Å². The van der Waals surface area contributed by atoms with Gasteiger partial charge >= 0.3 is 5.97 Å². The summed E-state index contributed by atoms with van der Waals surface area (Å²) in [6, 6.07) is 14.9. The molecule has 0 aliphatic heterocycles. The Morgan fingerprint density at radius 1 is 0.914 bits per heavy atom. The number of carbonyl (C=O) groups excluding carboxylic acids is 2. The van der Waals surface area contributed by atoms with Gasteiger partial charge < -0.3 is 4.74 Å². The highest BCUT2D eigenvalue weighted by atomic mass is 35.5. The SMILES string of the molecule is O=C(/C=C/c1ccc([N+](=O)[O-])cc1)Oc1ccc(Cl)cc1/C=N/NC(=O)c1ccc([N+](=O)[O-])cc1. The fourth-order valence-electron chi connectivity index (χ4n) is 2.69. The van der Waals surface area contributed by atoms with Crippen LogP contribution < -0.4 is 10.2 Å². The van der Waals surface area contributed by atoms with Crippen molar-refractivity contribution in [3.63, 3.8) is 0 Å². The number of hydrazone groups is 1. The van der Waals surface area contributed by atoms with Crippen molar-refractivity contribution >= 4 is 47.1 Å². The first-order chi connectivity index (χ1) is 16.7. The summed E-state index contributed by atoms with van der Waals surface area (Å²) in [4.78, 5) is 44.7. The second kappa shape index (κ2) is 11.3. The van der Waals surface area contributed by atoms with Gasteiger partial charge in [0.15, 0.2) is 0 Å². The zero-order chi connectivity index (χ0) is 25.4. The summed E-state index contributed by atoms with van der Waals surface area (Å²) in [6.07, 6.45) is 3.80. The van der Waals surface area contributed by atoms with Crippen molar-refractivity contribution in [1.82, 2.24) is 5.43 Å². The number of nitro groups is 2. The Kier molecular flexibility index (Phi) is 7.98. The van der Waals surface area contributed by atoms with E-state index in [0.29, 0.717) is 16.1 Å². The summed E-state index contributed by atoms with van der Waals surface area (Å²) in [5, 5.41) is 25.6. The summed E-state index contributed by atoms with van der Waals surface area (Å²) >= 11 is 6.00. The lowest BCUT2D eigenvalue weighted by atomic mass is 10.2. The average Bonchev–Trinajstić information content (AvgIpc) is 2.84. The van der Waals surface area contributed by atoms with Crippen LogP contribution in [-0.4, -0.2) is 27.9 Å². The third-order valence-electron chi connectivity index (χ3n) is 4.41. The van der Waals surface area contributed by atoms with Gasteiger partial charge in [0.25, 0.3) is 17.3 Å². The van der Waals surface area contributed by atoms with E-state index in [2.05, 4.69) is 10.5 Å². The maximum absolute atomic E-state index is 12.2. The Labute approximate surface area is 202 Å². The van der Waals surface area contributed by atoms with Gasteiger partial charge in [0.1, 0.15) is 5.75 Å². The Hall–Kier alpha value is -4.90. The highest BCUT2D eigenvalue weighted by Crippen LogP contribution is 2.22. The number of nitrogens with one attached hydrogen (secondary N) is 1. The van der Waals surface area contributed by atoms with Gasteiger partial charge in [0.2, 0.25) is 0 Å². The number of non-ortho nitro benzene ring substituents is 2. The third kappa shape index (κ3) is 7.04. The van der Waals surface area contributed by atoms with Crippen molar-refractivity contribution < 1.29 is 24.2 Å². The van der Waals surface area contributed by atoms with Gasteiger partial charge in [0.05, 0.1) is 16.1 Å². The van der Waals surface area contributed by atoms with Gasteiger partial charge in [-0.05, 0) is 54.1 Å². The molecule has 176 valence electrons. The molecule has 0 spiro atoms. The lowest BCUT2D eigenvalue weighted by molar-refractivity contribution is -0.385. The zero-order valence-corrected chi connectivity index (χ0v) is 18.4. The molecule has 35 heavy (non-hydrogen) atoms. The molecular weight excluding hydrogens is 480 g/mol. The number of ether oxygens (including phenoxy) is 1. The van der Waals surface area contributed by atoms with E-state index < -0.39 is 21.7 Å². The average molecular weight is 495 g/mol. The van der Waals surface area contributed by atoms with Crippen molar-refractivity contribution in [3.8, 4) is 5.75 Å². The van der Waals surface area contributed by atoms with Crippen molar-refractivity contribution in [3.05, 3.63) is 115 Å². The van der Waals surface area contributed by atoms with E-state index in [1.165, 1.54) is 79.0 Å². The summed E-state index contributed by atoms with van der Waals surface area (Å²) in [6.45, 7) is 0. The van der Waals surface area contributed by atoms with E-state index in [-0.39, 0.29) is 22.7 Å². The molecule has 0 radical (unpaired) electrons. The van der Waals surface area contributed by atoms with Gasteiger partial charge in [-0.2, -0.15) is 5.10 Å². The van der Waals surface area contributed by atoms with Crippen LogP contribution in [0.5, 0.6) is 5.75 Å². The molecule has 3 aromatic rings. The number of hydrogen-bond acceptors (Lipinski definition) is 8. The maximum atomic E-state index is 12.2. The Balaban J connectivity index is 1.66. The lowest BCUT2D eigenvalue weighted by Crippen LogP contribution is -2.17. The molecule has 0 aromatic heterocycles. The summed E-state index contributed by atoms with van der Waals surface area (Å²) in [5.41, 5.74) is 3.04. The number of nitrogens with zero attached hydrogens (tertiary/aromatic N) is 3. The van der Waals surface area contributed by atoms with Crippen molar-refractivity contribution in [2.24, 2.45) is 5.10 Å². The molecule has 12 heteroatoms. The summed E-state index contributed by atoms with van der Waals surface area (Å²) in [5.74, 6) is -1.22. The Morgan fingerprint density at radius 2 is 1.51 bits per heavy atom. The van der Waals surface area contributed by atoms with Crippen LogP contribution in [-0.2, 0) is 4.79 Å². The summed E-state index contributed by atoms with van der Waals surface area (Å²) < 4.78 is 5.30. The van der Waals surface area contributed by atoms with Crippen molar-refractivity contribution in [2.75, 3.05) is 0 Å². The molecule has 1 N–H and O–H groups in total. The largest absolute Gasteiger partial charge is 0.423 e. The third-order valence-corrected chi connectivity index (χ3v) is 4.64. The monoisotopic (exact) mass is 494 g/mol. The molecule has 0 aliphatic rings. The molecule has 3 aromatic carbocycles. The first-order valence-corrected chi connectivity index (χ1v) is 10.1. The van der Waals surface area contributed by atoms with E-state index in [4.69, 9.17) is 16.3 Å². The van der Waals surface area contributed by atoms with E-state index in [1.807, 2.05) is 0 Å². The predicted octanol–water partition coefficient (Wildman–Crippen LogP) is 4.54. The molecule has 0 saturated carbocycles. The molecule has 0 fully saturated rings. The highest BCUT2D eigenvalue weighted by molar-refractivity contribution is 6.31. The Morgan fingerprint density at radius 3 is 2.11 bits per heavy atom. The molecule has 11 nitrogen and oxygen atoms in total. The molecule has 0 unspecified atom stereocenters. The number of rotatable bonds is 8. The van der Waals surface area contributed by atoms with E-state index in [9.17, 15) is 29.8 Å². The minimum absolute atomic E-state index is 0.0736. The smallest absolute Gasteiger partial charge is 0.336 e. The molecule has 0 aliphatic carbocycles. The van der Waals surface area contributed by atoms with Crippen LogP contribution in [0.15, 0.2) is 77.9 Å². The van der Waals surface area contributed by atoms with Gasteiger partial charge in [-0.3, -0.25) is 25.0 Å². The number of esters is 1. The molecule has 3 rings (SSSR count). The maximum Gasteiger partial charge on any atom is 0.336 e. The van der Waals surface area contributed by atoms with E-state index in [1.54, 1.807) is 0 Å². The molecule has 0 bridgehead atoms. The zero-order valence-electron chi connectivity index (χ0n) is 17.7. The van der Waals surface area contributed by atoms with E-state index in [0.717, 1.165) is 6.08 Å². The van der Waals surface area contributed by atoms with Gasteiger partial charge in [0, 0.05) is 46.5 Å². The van der Waals surface area contributed by atoms with Crippen molar-refractivity contribution in [1.29, 1.82) is 0 Å². The number of amides is 1. The first-order valence-electron chi connectivity index (χ1n) is 9.74. The van der Waals surface area contributed by atoms with Gasteiger partial charge in [-0.15, -0.1) is 0 Å². The minimum Gasteiger partial charge on any atom is -0.423 e. The number of carbonyl (C=O) groups is 2. The molecule has 1 amide bonds. The van der Waals surface area contributed by atoms with Crippen LogP contribution in [0.25, 0.3) is 6.08 Å². The molecule has 0 atom stereocenters. The van der Waals surface area contributed by atoms with Crippen molar-refractivity contribution in [2.45, 2.75) is 0 Å². The quantitative estimate of drug-likeness (QED) is 0.120. The first kappa shape index (κ1) is 24.7. The normalized spacial score (nSPS) is 10.9. The van der Waals surface area contributed by atoms with Gasteiger partial charge in [-0.25, -0.2) is 10.2 Å². The molecule has 0 saturated heterocycles. The predicted molar refractivity (Wildman–Crippen MR) is 127 cm³/mol. The number of halogens is 1. The number of hydrogen-bond donors (Lipinski definition) is 1. The molecule has 0 heterocycles. The standard InChI is InChI=1S/C23H15ClN4O7/c24-18-6-11-21(35-22(29)12-3-15-1-7-19(8-2-15)27(31)32)17(13-18)14-25-26-23(30)16-4-9-20(10-5-16)28(33)34/h1-14H,(H,26,30)/b12-3+,25-14+. The second-order valence-electron chi connectivity index (χ2n) is 6.79. The minimum atomic E-state index is -0.727. The fraction of sp³-hybridized carbons (Fsp3) is 0. The van der Waals surface area contributed by atoms with Crippen LogP contribution in [0, 0.1) is 20.2 Å². The van der Waals surface area contributed by atoms with Crippen LogP contribution in [0.4, 0.5) is 11.4 Å². The lowest BCUT2D eigenvalue weighted by Gasteiger charge is -2.06. The topological polar surface area (TPSA) is 154 Å². The second-order valence-corrected chi connectivity index (χ2v) is 7.22. The van der Waals surface area contributed by atoms with Crippen LogP contribution in [0.1, 0.15) is 21.5 Å². The molecular formula is C23H15ClN4O7. The van der Waals surface area contributed by atoms with Crippen LogP contribution in [0.3, 0.4) is 0 Å². The number of nitro benzene ring substituents is 2. The number of benzene rings is 3.